The highest BCUT2D eigenvalue weighted by Gasteiger charge is 2.49. The molecule has 0 saturated heterocycles. The summed E-state index contributed by atoms with van der Waals surface area (Å²) in [4.78, 5) is 4.69. The van der Waals surface area contributed by atoms with Crippen LogP contribution in [0.2, 0.25) is 0 Å². The van der Waals surface area contributed by atoms with Crippen molar-refractivity contribution >= 4 is 9.84 Å². The Morgan fingerprint density at radius 1 is 1.00 bits per heavy atom. The van der Waals surface area contributed by atoms with Gasteiger partial charge < -0.3 is 4.52 Å². The number of nitrogens with zero attached hydrogens (tertiary/aromatic N) is 2. The van der Waals surface area contributed by atoms with Crippen molar-refractivity contribution in [2.45, 2.75) is 81.3 Å². The van der Waals surface area contributed by atoms with Crippen LogP contribution in [0.25, 0.3) is 0 Å². The standard InChI is InChI=1S/C18H28N2O3S/c1-24(21,22)18(11-4-5-12-18)17-19-16(23-20-17)15-10-6-8-13-7-2-3-9-14(13)15/h13-15H,2-12H2,1H3. The van der Waals surface area contributed by atoms with Crippen molar-refractivity contribution in [3.05, 3.63) is 11.7 Å². The third kappa shape index (κ3) is 2.61. The van der Waals surface area contributed by atoms with Crippen LogP contribution >= 0.6 is 0 Å². The van der Waals surface area contributed by atoms with Crippen LogP contribution in [0, 0.1) is 11.8 Å². The quantitative estimate of drug-likeness (QED) is 0.823. The lowest BCUT2D eigenvalue weighted by Crippen LogP contribution is -2.33. The van der Waals surface area contributed by atoms with E-state index in [0.717, 1.165) is 25.2 Å². The van der Waals surface area contributed by atoms with Gasteiger partial charge in [-0.15, -0.1) is 0 Å². The summed E-state index contributed by atoms with van der Waals surface area (Å²) in [5.74, 6) is 2.91. The van der Waals surface area contributed by atoms with Crippen LogP contribution in [0.15, 0.2) is 4.52 Å². The molecule has 3 aliphatic carbocycles. The molecular formula is C18H28N2O3S. The van der Waals surface area contributed by atoms with Gasteiger partial charge in [-0.2, -0.15) is 4.98 Å². The molecule has 0 spiro atoms. The highest BCUT2D eigenvalue weighted by Crippen LogP contribution is 2.49. The van der Waals surface area contributed by atoms with Crippen molar-refractivity contribution in [3.8, 4) is 0 Å². The summed E-state index contributed by atoms with van der Waals surface area (Å²) in [5, 5.41) is 4.18. The zero-order valence-electron chi connectivity index (χ0n) is 14.5. The molecule has 1 aromatic rings. The monoisotopic (exact) mass is 352 g/mol. The Balaban J connectivity index is 1.65. The van der Waals surface area contributed by atoms with E-state index in [1.165, 1.54) is 44.8 Å². The Kier molecular flexibility index (Phi) is 4.22. The van der Waals surface area contributed by atoms with Gasteiger partial charge in [0.1, 0.15) is 4.75 Å². The van der Waals surface area contributed by atoms with Crippen LogP contribution < -0.4 is 0 Å². The first-order valence-electron chi connectivity index (χ1n) is 9.55. The van der Waals surface area contributed by atoms with Crippen molar-refractivity contribution in [2.24, 2.45) is 11.8 Å². The molecule has 0 N–H and O–H groups in total. The molecule has 3 atom stereocenters. The molecule has 0 bridgehead atoms. The van der Waals surface area contributed by atoms with Crippen LogP contribution in [-0.2, 0) is 14.6 Å². The lowest BCUT2D eigenvalue weighted by molar-refractivity contribution is 0.125. The molecule has 24 heavy (non-hydrogen) atoms. The second kappa shape index (κ2) is 6.11. The van der Waals surface area contributed by atoms with Gasteiger partial charge >= 0.3 is 0 Å². The molecule has 1 aromatic heterocycles. The minimum atomic E-state index is -3.24. The van der Waals surface area contributed by atoms with Gasteiger partial charge in [-0.1, -0.05) is 50.1 Å². The average Bonchev–Trinajstić information content (AvgIpc) is 3.23. The number of sulfone groups is 1. The minimum Gasteiger partial charge on any atom is -0.339 e. The lowest BCUT2D eigenvalue weighted by atomic mass is 9.65. The second-order valence-corrected chi connectivity index (χ2v) is 10.5. The molecule has 6 heteroatoms. The predicted molar refractivity (Wildman–Crippen MR) is 91.3 cm³/mol. The summed E-state index contributed by atoms with van der Waals surface area (Å²) in [6.45, 7) is 0. The summed E-state index contributed by atoms with van der Waals surface area (Å²) in [7, 11) is -3.24. The van der Waals surface area contributed by atoms with E-state index < -0.39 is 14.6 Å². The Hall–Kier alpha value is -0.910. The van der Waals surface area contributed by atoms with Crippen LogP contribution in [0.4, 0.5) is 0 Å². The third-order valence-electron chi connectivity index (χ3n) is 6.86. The van der Waals surface area contributed by atoms with Gasteiger partial charge in [0.2, 0.25) is 5.89 Å². The first-order chi connectivity index (χ1) is 11.5. The van der Waals surface area contributed by atoms with E-state index in [1.54, 1.807) is 0 Å². The van der Waals surface area contributed by atoms with Gasteiger partial charge in [0.05, 0.1) is 0 Å². The number of rotatable bonds is 3. The normalized spacial score (nSPS) is 33.3. The Morgan fingerprint density at radius 2 is 1.71 bits per heavy atom. The summed E-state index contributed by atoms with van der Waals surface area (Å²) < 4.78 is 29.6. The number of hydrogen-bond acceptors (Lipinski definition) is 5. The molecule has 3 fully saturated rings. The topological polar surface area (TPSA) is 73.1 Å². The zero-order chi connectivity index (χ0) is 16.8. The SMILES string of the molecule is CS(=O)(=O)C1(c2noc(C3CCCC4CCCCC43)n2)CCCC1. The van der Waals surface area contributed by atoms with E-state index in [2.05, 4.69) is 10.1 Å². The molecule has 5 nitrogen and oxygen atoms in total. The maximum atomic E-state index is 12.4. The summed E-state index contributed by atoms with van der Waals surface area (Å²) in [5.41, 5.74) is 0. The van der Waals surface area contributed by atoms with Gasteiger partial charge in [-0.05, 0) is 37.5 Å². The predicted octanol–water partition coefficient (Wildman–Crippen LogP) is 3.96. The van der Waals surface area contributed by atoms with Crippen molar-refractivity contribution in [3.63, 3.8) is 0 Å². The van der Waals surface area contributed by atoms with E-state index in [0.29, 0.717) is 36.4 Å². The van der Waals surface area contributed by atoms with Gasteiger partial charge in [0.25, 0.3) is 0 Å². The van der Waals surface area contributed by atoms with Crippen LogP contribution in [0.5, 0.6) is 0 Å². The van der Waals surface area contributed by atoms with E-state index in [9.17, 15) is 8.42 Å². The van der Waals surface area contributed by atoms with Crippen LogP contribution in [-0.4, -0.2) is 24.8 Å². The van der Waals surface area contributed by atoms with Gasteiger partial charge in [-0.3, -0.25) is 0 Å². The molecule has 0 aliphatic heterocycles. The van der Waals surface area contributed by atoms with Crippen LogP contribution in [0.1, 0.15) is 88.3 Å². The largest absolute Gasteiger partial charge is 0.339 e. The van der Waals surface area contributed by atoms with Gasteiger partial charge in [-0.25, -0.2) is 8.42 Å². The van der Waals surface area contributed by atoms with E-state index in [4.69, 9.17) is 4.52 Å². The smallest absolute Gasteiger partial charge is 0.230 e. The highest BCUT2D eigenvalue weighted by molar-refractivity contribution is 7.91. The molecule has 3 saturated carbocycles. The highest BCUT2D eigenvalue weighted by atomic mass is 32.2. The first kappa shape index (κ1) is 16.6. The molecule has 4 rings (SSSR count). The Morgan fingerprint density at radius 3 is 2.46 bits per heavy atom. The number of fused-ring (bicyclic) bond motifs is 1. The molecule has 3 unspecified atom stereocenters. The van der Waals surface area contributed by atoms with Crippen molar-refractivity contribution < 1.29 is 12.9 Å². The van der Waals surface area contributed by atoms with Crippen molar-refractivity contribution in [2.75, 3.05) is 6.26 Å². The van der Waals surface area contributed by atoms with Gasteiger partial charge in [0, 0.05) is 12.2 Å². The molecule has 134 valence electrons. The van der Waals surface area contributed by atoms with E-state index >= 15 is 0 Å². The van der Waals surface area contributed by atoms with Crippen molar-refractivity contribution in [1.29, 1.82) is 0 Å². The van der Waals surface area contributed by atoms with Gasteiger partial charge in [0.15, 0.2) is 15.7 Å². The maximum Gasteiger partial charge on any atom is 0.230 e. The molecule has 3 aliphatic rings. The maximum absolute atomic E-state index is 12.4. The molecule has 0 aromatic carbocycles. The third-order valence-corrected chi connectivity index (χ3v) is 8.87. The molecule has 0 amide bonds. The lowest BCUT2D eigenvalue weighted by Gasteiger charge is -2.39. The zero-order valence-corrected chi connectivity index (χ0v) is 15.4. The molecule has 1 heterocycles. The molecule has 0 radical (unpaired) electrons. The summed E-state index contributed by atoms with van der Waals surface area (Å²) >= 11 is 0. The molecular weight excluding hydrogens is 324 g/mol. The fourth-order valence-corrected chi connectivity index (χ4v) is 6.97. The number of aromatic nitrogens is 2. The fourth-order valence-electron chi connectivity index (χ4n) is 5.52. The number of hydrogen-bond donors (Lipinski definition) is 0. The van der Waals surface area contributed by atoms with Crippen LogP contribution in [0.3, 0.4) is 0 Å². The Bertz CT molecular complexity index is 689. The first-order valence-corrected chi connectivity index (χ1v) is 11.4. The summed E-state index contributed by atoms with van der Waals surface area (Å²) in [6, 6.07) is 0. The average molecular weight is 353 g/mol. The fraction of sp³-hybridized carbons (Fsp3) is 0.889. The summed E-state index contributed by atoms with van der Waals surface area (Å²) in [6.07, 6.45) is 13.3. The van der Waals surface area contributed by atoms with E-state index in [1.807, 2.05) is 0 Å². The minimum absolute atomic E-state index is 0.336. The van der Waals surface area contributed by atoms with E-state index in [-0.39, 0.29) is 0 Å². The Labute approximate surface area is 144 Å². The second-order valence-electron chi connectivity index (χ2n) is 8.18. The van der Waals surface area contributed by atoms with Crippen molar-refractivity contribution in [1.82, 2.24) is 10.1 Å².